The van der Waals surface area contributed by atoms with Gasteiger partial charge in [0.1, 0.15) is 25.6 Å². The van der Waals surface area contributed by atoms with Crippen LogP contribution in [0.1, 0.15) is 139 Å². The lowest BCUT2D eigenvalue weighted by Crippen LogP contribution is -2.46. The van der Waals surface area contributed by atoms with Gasteiger partial charge in [0.2, 0.25) is 0 Å². The summed E-state index contributed by atoms with van der Waals surface area (Å²) >= 11 is 0. The summed E-state index contributed by atoms with van der Waals surface area (Å²) in [6.07, 6.45) is 21.0. The van der Waals surface area contributed by atoms with Crippen molar-refractivity contribution in [3.05, 3.63) is 28.8 Å². The molecule has 1 aliphatic rings. The molecule has 53 heavy (non-hydrogen) atoms. The Morgan fingerprint density at radius 1 is 0.604 bits per heavy atom. The highest BCUT2D eigenvalue weighted by atomic mass is 16.6. The molecule has 304 valence electrons. The van der Waals surface area contributed by atoms with Gasteiger partial charge < -0.3 is 38.6 Å². The van der Waals surface area contributed by atoms with E-state index >= 15 is 0 Å². The number of nitrogens with one attached hydrogen (secondary N) is 1. The molecule has 0 aliphatic carbocycles. The summed E-state index contributed by atoms with van der Waals surface area (Å²) in [6, 6.07) is 3.96. The van der Waals surface area contributed by atoms with Crippen molar-refractivity contribution in [3.63, 3.8) is 0 Å². The molecule has 1 fully saturated rings. The minimum Gasteiger partial charge on any atom is -0.493 e. The first-order valence-electron chi connectivity index (χ1n) is 20.7. The van der Waals surface area contributed by atoms with Gasteiger partial charge in [0.05, 0.1) is 45.9 Å². The second-order valence-corrected chi connectivity index (χ2v) is 14.1. The standard InChI is InChI=1S/C42H72N2O9/c1-4-5-6-7-8-9-10-11-12-13-14-15-16-17-18-19-26-50-39-34-38(33-36(2)37(39)3)35-53-41(46)21-20-40(45)51-31-29-48-27-28-49-30-32-52-42(47)44-24-22-43-23-25-44/h33-34,43H,4-32,35H2,1-3H3. The molecule has 11 heteroatoms. The van der Waals surface area contributed by atoms with E-state index in [2.05, 4.69) is 19.2 Å². The Balaban J connectivity index is 1.43. The summed E-state index contributed by atoms with van der Waals surface area (Å²) in [5, 5.41) is 3.18. The van der Waals surface area contributed by atoms with Crippen LogP contribution in [0.3, 0.4) is 0 Å². The number of piperazine rings is 1. The fourth-order valence-electron chi connectivity index (χ4n) is 6.14. The predicted octanol–water partition coefficient (Wildman–Crippen LogP) is 8.39. The zero-order chi connectivity index (χ0) is 38.2. The molecule has 11 nitrogen and oxygen atoms in total. The Hall–Kier alpha value is -2.89. The molecular weight excluding hydrogens is 676 g/mol. The van der Waals surface area contributed by atoms with Gasteiger partial charge in [-0.3, -0.25) is 9.59 Å². The molecule has 1 aliphatic heterocycles. The zero-order valence-corrected chi connectivity index (χ0v) is 33.5. The van der Waals surface area contributed by atoms with Crippen LogP contribution in [0.15, 0.2) is 12.1 Å². The number of hydrogen-bond acceptors (Lipinski definition) is 10. The first kappa shape index (κ1) is 46.3. The van der Waals surface area contributed by atoms with Gasteiger partial charge >= 0.3 is 18.0 Å². The number of rotatable bonds is 32. The van der Waals surface area contributed by atoms with Crippen molar-refractivity contribution in [1.82, 2.24) is 10.2 Å². The van der Waals surface area contributed by atoms with Crippen LogP contribution in [0, 0.1) is 13.8 Å². The molecule has 0 radical (unpaired) electrons. The number of hydrogen-bond donors (Lipinski definition) is 1. The van der Waals surface area contributed by atoms with Gasteiger partial charge in [-0.15, -0.1) is 0 Å². The van der Waals surface area contributed by atoms with Crippen molar-refractivity contribution in [1.29, 1.82) is 0 Å². The van der Waals surface area contributed by atoms with Gasteiger partial charge in [0.25, 0.3) is 0 Å². The second kappa shape index (κ2) is 31.5. The summed E-state index contributed by atoms with van der Waals surface area (Å²) in [4.78, 5) is 37.9. The van der Waals surface area contributed by atoms with Crippen LogP contribution in [0.5, 0.6) is 5.75 Å². The largest absolute Gasteiger partial charge is 0.493 e. The lowest BCUT2D eigenvalue weighted by Gasteiger charge is -2.26. The molecule has 2 rings (SSSR count). The van der Waals surface area contributed by atoms with E-state index in [0.29, 0.717) is 32.9 Å². The van der Waals surface area contributed by atoms with Crippen LogP contribution in [0.25, 0.3) is 0 Å². The Bertz CT molecular complexity index is 1110. The van der Waals surface area contributed by atoms with E-state index in [9.17, 15) is 14.4 Å². The molecule has 1 amide bonds. The van der Waals surface area contributed by atoms with E-state index in [1.165, 1.54) is 96.3 Å². The van der Waals surface area contributed by atoms with E-state index in [-0.39, 0.29) is 52.0 Å². The molecule has 0 saturated carbocycles. The average Bonchev–Trinajstić information content (AvgIpc) is 3.16. The third-order valence-electron chi connectivity index (χ3n) is 9.56. The van der Waals surface area contributed by atoms with Gasteiger partial charge in [-0.1, -0.05) is 109 Å². The summed E-state index contributed by atoms with van der Waals surface area (Å²) in [5.41, 5.74) is 3.05. The Morgan fingerprint density at radius 2 is 1.09 bits per heavy atom. The number of carbonyl (C=O) groups is 3. The smallest absolute Gasteiger partial charge is 0.409 e. The molecule has 1 heterocycles. The number of carbonyl (C=O) groups excluding carboxylic acids is 3. The Kier molecular flexibility index (Phi) is 27.5. The molecule has 0 bridgehead atoms. The van der Waals surface area contributed by atoms with E-state index < -0.39 is 11.9 Å². The Labute approximate surface area is 320 Å². The summed E-state index contributed by atoms with van der Waals surface area (Å²) in [5.74, 6) is -0.104. The maximum Gasteiger partial charge on any atom is 0.409 e. The van der Waals surface area contributed by atoms with Crippen LogP contribution >= 0.6 is 0 Å². The fraction of sp³-hybridized carbons (Fsp3) is 0.786. The third-order valence-corrected chi connectivity index (χ3v) is 9.56. The van der Waals surface area contributed by atoms with Crippen LogP contribution < -0.4 is 10.1 Å². The molecule has 0 atom stereocenters. The van der Waals surface area contributed by atoms with Gasteiger partial charge in [-0.05, 0) is 43.0 Å². The first-order valence-corrected chi connectivity index (χ1v) is 20.7. The number of benzene rings is 1. The molecule has 1 aromatic carbocycles. The molecule has 0 spiro atoms. The zero-order valence-electron chi connectivity index (χ0n) is 33.5. The number of amides is 1. The van der Waals surface area contributed by atoms with Crippen molar-refractivity contribution in [2.24, 2.45) is 0 Å². The van der Waals surface area contributed by atoms with Crippen molar-refractivity contribution in [2.75, 3.05) is 72.4 Å². The van der Waals surface area contributed by atoms with Gasteiger partial charge in [-0.25, -0.2) is 4.79 Å². The fourth-order valence-corrected chi connectivity index (χ4v) is 6.14. The Morgan fingerprint density at radius 3 is 1.66 bits per heavy atom. The number of ether oxygens (including phenoxy) is 6. The van der Waals surface area contributed by atoms with Crippen molar-refractivity contribution >= 4 is 18.0 Å². The van der Waals surface area contributed by atoms with Crippen molar-refractivity contribution in [3.8, 4) is 5.75 Å². The van der Waals surface area contributed by atoms with Crippen LogP contribution in [-0.4, -0.2) is 95.4 Å². The van der Waals surface area contributed by atoms with Crippen LogP contribution in [0.4, 0.5) is 4.79 Å². The number of esters is 2. The van der Waals surface area contributed by atoms with Gasteiger partial charge in [0, 0.05) is 26.2 Å². The van der Waals surface area contributed by atoms with Crippen molar-refractivity contribution in [2.45, 2.75) is 143 Å². The SMILES string of the molecule is CCCCCCCCCCCCCCCCCCOc1cc(COC(=O)CCC(=O)OCCOCCOCCOC(=O)N2CCNCC2)cc(C)c1C. The maximum absolute atomic E-state index is 12.3. The second-order valence-electron chi connectivity index (χ2n) is 14.1. The monoisotopic (exact) mass is 749 g/mol. The first-order chi connectivity index (χ1) is 25.9. The molecule has 1 aromatic rings. The van der Waals surface area contributed by atoms with Gasteiger partial charge in [-0.2, -0.15) is 0 Å². The molecule has 1 N–H and O–H groups in total. The number of nitrogens with zero attached hydrogens (tertiary/aromatic N) is 1. The minimum absolute atomic E-state index is 0.0553. The topological polar surface area (TPSA) is 122 Å². The van der Waals surface area contributed by atoms with Gasteiger partial charge in [0.15, 0.2) is 0 Å². The average molecular weight is 749 g/mol. The van der Waals surface area contributed by atoms with E-state index in [1.807, 2.05) is 19.1 Å². The normalized spacial score (nSPS) is 12.8. The van der Waals surface area contributed by atoms with Crippen molar-refractivity contribution < 1.29 is 42.8 Å². The van der Waals surface area contributed by atoms with E-state index in [1.54, 1.807) is 4.90 Å². The third kappa shape index (κ3) is 24.2. The highest BCUT2D eigenvalue weighted by molar-refractivity contribution is 5.77. The van der Waals surface area contributed by atoms with Crippen LogP contribution in [-0.2, 0) is 39.9 Å². The van der Waals surface area contributed by atoms with E-state index in [0.717, 1.165) is 42.0 Å². The number of unbranched alkanes of at least 4 members (excludes halogenated alkanes) is 15. The molecule has 1 saturated heterocycles. The lowest BCUT2D eigenvalue weighted by molar-refractivity contribution is -0.151. The van der Waals surface area contributed by atoms with E-state index in [4.69, 9.17) is 28.4 Å². The van der Waals surface area contributed by atoms with Crippen LogP contribution in [0.2, 0.25) is 0 Å². The minimum atomic E-state index is -0.482. The molecule has 0 unspecified atom stereocenters. The summed E-state index contributed by atoms with van der Waals surface area (Å²) < 4.78 is 32.7. The number of aryl methyl sites for hydroxylation is 1. The summed E-state index contributed by atoms with van der Waals surface area (Å²) in [7, 11) is 0. The highest BCUT2D eigenvalue weighted by Gasteiger charge is 2.17. The summed E-state index contributed by atoms with van der Waals surface area (Å²) in [6.45, 7) is 11.4. The quantitative estimate of drug-likeness (QED) is 0.0437. The molecule has 0 aromatic heterocycles. The maximum atomic E-state index is 12.3. The highest BCUT2D eigenvalue weighted by Crippen LogP contribution is 2.25. The molecular formula is C42H72N2O9. The predicted molar refractivity (Wildman–Crippen MR) is 208 cm³/mol. The lowest BCUT2D eigenvalue weighted by atomic mass is 10.0.